The molecule has 10 heteroatoms. The van der Waals surface area contributed by atoms with Crippen molar-refractivity contribution < 1.29 is 18.3 Å². The molecule has 0 saturated heterocycles. The van der Waals surface area contributed by atoms with Gasteiger partial charge in [-0.15, -0.1) is 0 Å². The van der Waals surface area contributed by atoms with Crippen molar-refractivity contribution in [3.63, 3.8) is 0 Å². The molecular formula is C28H29N5O4S. The fourth-order valence-electron chi connectivity index (χ4n) is 4.09. The number of nitrogen functional groups attached to an aromatic ring is 1. The summed E-state index contributed by atoms with van der Waals surface area (Å²) in [4.78, 5) is 4.44. The van der Waals surface area contributed by atoms with E-state index in [4.69, 9.17) is 21.0 Å². The number of pyridine rings is 1. The minimum absolute atomic E-state index is 0.0176. The number of aliphatic hydroxyl groups excluding tert-OH is 1. The van der Waals surface area contributed by atoms with E-state index in [2.05, 4.69) is 10.3 Å². The molecular weight excluding hydrogens is 502 g/mol. The molecule has 0 spiro atoms. The van der Waals surface area contributed by atoms with E-state index in [1.165, 1.54) is 6.07 Å². The van der Waals surface area contributed by atoms with Gasteiger partial charge >= 0.3 is 0 Å². The molecule has 1 heterocycles. The Labute approximate surface area is 221 Å². The van der Waals surface area contributed by atoms with Crippen LogP contribution in [0.2, 0.25) is 0 Å². The van der Waals surface area contributed by atoms with Crippen molar-refractivity contribution in [2.24, 2.45) is 10.9 Å². The SMILES string of the molecule is Cc1ncc(CO)c(CNc2ccc(-c3ccccc3S(N)(=O)=O)cc2)c1OCc1cccc(C(=N)N)c1. The molecule has 38 heavy (non-hydrogen) atoms. The Balaban J connectivity index is 1.54. The van der Waals surface area contributed by atoms with E-state index in [9.17, 15) is 13.5 Å². The predicted octanol–water partition coefficient (Wildman–Crippen LogP) is 3.67. The van der Waals surface area contributed by atoms with Gasteiger partial charge in [0, 0.05) is 40.7 Å². The molecule has 4 aromatic rings. The van der Waals surface area contributed by atoms with Gasteiger partial charge in [-0.2, -0.15) is 0 Å². The third-order valence-electron chi connectivity index (χ3n) is 6.05. The summed E-state index contributed by atoms with van der Waals surface area (Å²) >= 11 is 0. The molecule has 0 aliphatic carbocycles. The smallest absolute Gasteiger partial charge is 0.238 e. The van der Waals surface area contributed by atoms with E-state index in [1.807, 2.05) is 43.3 Å². The maximum absolute atomic E-state index is 12.0. The number of aliphatic hydroxyl groups is 1. The molecule has 0 amide bonds. The fraction of sp³-hybridized carbons (Fsp3) is 0.143. The number of nitrogens with one attached hydrogen (secondary N) is 2. The van der Waals surface area contributed by atoms with Crippen molar-refractivity contribution in [1.29, 1.82) is 5.41 Å². The molecule has 7 N–H and O–H groups in total. The van der Waals surface area contributed by atoms with Crippen LogP contribution in [0.5, 0.6) is 5.75 Å². The summed E-state index contributed by atoms with van der Waals surface area (Å²) in [5.41, 5.74) is 11.2. The van der Waals surface area contributed by atoms with Gasteiger partial charge in [0.1, 0.15) is 18.2 Å². The molecule has 1 aromatic heterocycles. The molecule has 0 radical (unpaired) electrons. The number of hydrogen-bond donors (Lipinski definition) is 5. The lowest BCUT2D eigenvalue weighted by Crippen LogP contribution is -2.13. The number of amidine groups is 1. The number of nitrogens with zero attached hydrogens (tertiary/aromatic N) is 1. The van der Waals surface area contributed by atoms with E-state index >= 15 is 0 Å². The highest BCUT2D eigenvalue weighted by Crippen LogP contribution is 2.30. The normalized spacial score (nSPS) is 11.2. The molecule has 0 bridgehead atoms. The first kappa shape index (κ1) is 26.8. The summed E-state index contributed by atoms with van der Waals surface area (Å²) in [6, 6.07) is 21.2. The Bertz CT molecular complexity index is 1570. The van der Waals surface area contributed by atoms with Gasteiger partial charge in [0.2, 0.25) is 10.0 Å². The summed E-state index contributed by atoms with van der Waals surface area (Å²) in [6.45, 7) is 2.23. The molecule has 3 aromatic carbocycles. The summed E-state index contributed by atoms with van der Waals surface area (Å²) in [5.74, 6) is 0.548. The van der Waals surface area contributed by atoms with E-state index in [-0.39, 0.29) is 23.9 Å². The van der Waals surface area contributed by atoms with Crippen LogP contribution in [0.3, 0.4) is 0 Å². The van der Waals surface area contributed by atoms with Gasteiger partial charge in [-0.3, -0.25) is 10.4 Å². The van der Waals surface area contributed by atoms with Gasteiger partial charge in [-0.1, -0.05) is 48.5 Å². The number of rotatable bonds is 10. The number of anilines is 1. The zero-order valence-electron chi connectivity index (χ0n) is 20.8. The third-order valence-corrected chi connectivity index (χ3v) is 7.02. The zero-order chi connectivity index (χ0) is 27.3. The summed E-state index contributed by atoms with van der Waals surface area (Å²) in [6.07, 6.45) is 1.63. The van der Waals surface area contributed by atoms with Crippen molar-refractivity contribution in [2.75, 3.05) is 5.32 Å². The van der Waals surface area contributed by atoms with Gasteiger partial charge in [-0.05, 0) is 42.3 Å². The number of sulfonamides is 1. The zero-order valence-corrected chi connectivity index (χ0v) is 21.6. The van der Waals surface area contributed by atoms with Crippen LogP contribution in [0, 0.1) is 12.3 Å². The van der Waals surface area contributed by atoms with Gasteiger partial charge in [-0.25, -0.2) is 13.6 Å². The minimum atomic E-state index is -3.86. The second-order valence-electron chi connectivity index (χ2n) is 8.71. The van der Waals surface area contributed by atoms with E-state index in [0.29, 0.717) is 40.2 Å². The van der Waals surface area contributed by atoms with Crippen LogP contribution in [0.1, 0.15) is 27.9 Å². The number of hydrogen-bond acceptors (Lipinski definition) is 7. The summed E-state index contributed by atoms with van der Waals surface area (Å²) < 4.78 is 30.1. The van der Waals surface area contributed by atoms with Crippen molar-refractivity contribution >= 4 is 21.5 Å². The maximum atomic E-state index is 12.0. The molecule has 0 fully saturated rings. The van der Waals surface area contributed by atoms with Crippen molar-refractivity contribution in [3.05, 3.63) is 107 Å². The summed E-state index contributed by atoms with van der Waals surface area (Å²) in [7, 11) is -3.86. The molecule has 4 rings (SSSR count). The monoisotopic (exact) mass is 531 g/mol. The first-order valence-electron chi connectivity index (χ1n) is 11.8. The molecule has 0 saturated carbocycles. The van der Waals surface area contributed by atoms with Gasteiger partial charge in [0.25, 0.3) is 0 Å². The Kier molecular flexibility index (Phi) is 8.06. The lowest BCUT2D eigenvalue weighted by atomic mass is 10.0. The predicted molar refractivity (Wildman–Crippen MR) is 147 cm³/mol. The topological polar surface area (TPSA) is 164 Å². The minimum Gasteiger partial charge on any atom is -0.487 e. The second-order valence-corrected chi connectivity index (χ2v) is 10.2. The Morgan fingerprint density at radius 1 is 1.08 bits per heavy atom. The highest BCUT2D eigenvalue weighted by Gasteiger charge is 2.16. The average Bonchev–Trinajstić information content (AvgIpc) is 2.91. The highest BCUT2D eigenvalue weighted by molar-refractivity contribution is 7.89. The van der Waals surface area contributed by atoms with Crippen LogP contribution in [0.15, 0.2) is 83.9 Å². The van der Waals surface area contributed by atoms with Gasteiger partial charge < -0.3 is 20.9 Å². The lowest BCUT2D eigenvalue weighted by molar-refractivity contribution is 0.273. The number of primary sulfonamides is 1. The molecule has 9 nitrogen and oxygen atoms in total. The van der Waals surface area contributed by atoms with Crippen molar-refractivity contribution in [1.82, 2.24) is 4.98 Å². The number of nitrogens with two attached hydrogens (primary N) is 2. The molecule has 0 unspecified atom stereocenters. The lowest BCUT2D eigenvalue weighted by Gasteiger charge is -2.18. The van der Waals surface area contributed by atoms with Crippen molar-refractivity contribution in [2.45, 2.75) is 31.6 Å². The Hall–Kier alpha value is -4.25. The molecule has 0 atom stereocenters. The molecule has 0 aliphatic heterocycles. The fourth-order valence-corrected chi connectivity index (χ4v) is 4.85. The van der Waals surface area contributed by atoms with E-state index < -0.39 is 10.0 Å². The quantitative estimate of drug-likeness (QED) is 0.154. The average molecular weight is 532 g/mol. The van der Waals surface area contributed by atoms with Crippen molar-refractivity contribution in [3.8, 4) is 16.9 Å². The van der Waals surface area contributed by atoms with Crippen LogP contribution in [-0.4, -0.2) is 24.3 Å². The number of ether oxygens (including phenoxy) is 1. The molecule has 0 aliphatic rings. The van der Waals surface area contributed by atoms with E-state index in [1.54, 1.807) is 36.5 Å². The van der Waals surface area contributed by atoms with Gasteiger partial charge in [0.15, 0.2) is 0 Å². The maximum Gasteiger partial charge on any atom is 0.238 e. The first-order chi connectivity index (χ1) is 18.2. The Morgan fingerprint density at radius 2 is 1.82 bits per heavy atom. The van der Waals surface area contributed by atoms with Crippen LogP contribution in [0.4, 0.5) is 5.69 Å². The second kappa shape index (κ2) is 11.4. The van der Waals surface area contributed by atoms with Crippen LogP contribution >= 0.6 is 0 Å². The third kappa shape index (κ3) is 6.17. The number of aromatic nitrogens is 1. The van der Waals surface area contributed by atoms with E-state index in [0.717, 1.165) is 16.8 Å². The Morgan fingerprint density at radius 3 is 2.50 bits per heavy atom. The standard InChI is InChI=1S/C28H29N5O4S/c1-18-27(37-17-19-5-4-6-21(13-19)28(29)30)25(22(16-34)14-32-18)15-33-23-11-9-20(10-12-23)24-7-2-3-8-26(24)38(31,35)36/h2-14,33-34H,15-17H2,1H3,(H3,29,30)(H2,31,35,36). The molecule has 196 valence electrons. The number of aryl methyl sites for hydroxylation is 1. The summed E-state index contributed by atoms with van der Waals surface area (Å²) in [5, 5.41) is 26.3. The largest absolute Gasteiger partial charge is 0.487 e. The number of benzene rings is 3. The first-order valence-corrected chi connectivity index (χ1v) is 13.3. The van der Waals surface area contributed by atoms with Crippen LogP contribution in [0.25, 0.3) is 11.1 Å². The highest BCUT2D eigenvalue weighted by atomic mass is 32.2. The van der Waals surface area contributed by atoms with Gasteiger partial charge in [0.05, 0.1) is 17.2 Å². The van der Waals surface area contributed by atoms with Crippen LogP contribution in [-0.2, 0) is 29.8 Å². The van der Waals surface area contributed by atoms with Crippen LogP contribution < -0.4 is 20.9 Å².